The topological polar surface area (TPSA) is 21.3 Å². The Morgan fingerprint density at radius 2 is 1.79 bits per heavy atom. The van der Waals surface area contributed by atoms with Gasteiger partial charge >= 0.3 is 0 Å². The van der Waals surface area contributed by atoms with Crippen LogP contribution in [-0.4, -0.2) is 13.7 Å². The fourth-order valence-electron chi connectivity index (χ4n) is 2.16. The average Bonchev–Trinajstić information content (AvgIpc) is 2.44. The minimum Gasteiger partial charge on any atom is -0.494 e. The molecule has 0 bridgehead atoms. The van der Waals surface area contributed by atoms with Gasteiger partial charge in [-0.3, -0.25) is 0 Å². The molecule has 0 heterocycles. The van der Waals surface area contributed by atoms with Gasteiger partial charge in [0.15, 0.2) is 0 Å². The van der Waals surface area contributed by atoms with Crippen molar-refractivity contribution in [2.45, 2.75) is 13.0 Å². The lowest BCUT2D eigenvalue weighted by molar-refractivity contribution is 0.334. The number of benzene rings is 2. The Balaban J connectivity index is 2.39. The fraction of sp³-hybridized carbons (Fsp3) is 0.250. The minimum atomic E-state index is 0.0972. The second kappa shape index (κ2) is 6.60. The zero-order valence-electron chi connectivity index (χ0n) is 11.2. The molecule has 100 valence electrons. The van der Waals surface area contributed by atoms with Crippen LogP contribution in [0.1, 0.15) is 24.1 Å². The molecule has 0 aliphatic heterocycles. The zero-order chi connectivity index (χ0) is 13.7. The van der Waals surface area contributed by atoms with Crippen LogP contribution in [0.15, 0.2) is 48.5 Å². The molecule has 1 atom stereocenters. The summed E-state index contributed by atoms with van der Waals surface area (Å²) < 4.78 is 5.70. The van der Waals surface area contributed by atoms with Crippen LogP contribution >= 0.6 is 11.6 Å². The highest BCUT2D eigenvalue weighted by atomic mass is 35.5. The first-order valence-electron chi connectivity index (χ1n) is 6.40. The van der Waals surface area contributed by atoms with Gasteiger partial charge in [-0.1, -0.05) is 41.9 Å². The maximum absolute atomic E-state index is 5.94. The van der Waals surface area contributed by atoms with Gasteiger partial charge in [0.05, 0.1) is 12.6 Å². The fourth-order valence-corrected chi connectivity index (χ4v) is 2.29. The summed E-state index contributed by atoms with van der Waals surface area (Å²) in [5, 5.41) is 4.08. The smallest absolute Gasteiger partial charge is 0.124 e. The van der Waals surface area contributed by atoms with Crippen molar-refractivity contribution in [3.05, 3.63) is 64.7 Å². The molecule has 0 radical (unpaired) electrons. The van der Waals surface area contributed by atoms with Gasteiger partial charge in [-0.25, -0.2) is 0 Å². The molecule has 0 aliphatic carbocycles. The summed E-state index contributed by atoms with van der Waals surface area (Å²) in [5.41, 5.74) is 2.30. The SMILES string of the molecule is CCOc1ccccc1C(NC)c1ccc(Cl)cc1. The molecular formula is C16H18ClNO. The molecule has 3 heteroatoms. The molecule has 0 aliphatic rings. The summed E-state index contributed by atoms with van der Waals surface area (Å²) in [6.07, 6.45) is 0. The van der Waals surface area contributed by atoms with E-state index in [1.165, 1.54) is 5.56 Å². The largest absolute Gasteiger partial charge is 0.494 e. The van der Waals surface area contributed by atoms with E-state index in [0.29, 0.717) is 6.61 Å². The number of para-hydroxylation sites is 1. The Morgan fingerprint density at radius 1 is 1.11 bits per heavy atom. The molecule has 0 spiro atoms. The zero-order valence-corrected chi connectivity index (χ0v) is 11.9. The first-order valence-corrected chi connectivity index (χ1v) is 6.78. The molecule has 0 aromatic heterocycles. The molecule has 0 saturated carbocycles. The molecule has 19 heavy (non-hydrogen) atoms. The van der Waals surface area contributed by atoms with Crippen LogP contribution in [0.4, 0.5) is 0 Å². The first kappa shape index (κ1) is 13.9. The predicted octanol–water partition coefficient (Wildman–Crippen LogP) is 4.05. The van der Waals surface area contributed by atoms with Gasteiger partial charge in [-0.15, -0.1) is 0 Å². The van der Waals surface area contributed by atoms with Crippen molar-refractivity contribution in [2.24, 2.45) is 0 Å². The van der Waals surface area contributed by atoms with E-state index in [1.54, 1.807) is 0 Å². The average molecular weight is 276 g/mol. The van der Waals surface area contributed by atoms with Crippen LogP contribution in [0.2, 0.25) is 5.02 Å². The first-order chi connectivity index (χ1) is 9.26. The molecular weight excluding hydrogens is 258 g/mol. The number of rotatable bonds is 5. The van der Waals surface area contributed by atoms with E-state index < -0.39 is 0 Å². The molecule has 2 nitrogen and oxygen atoms in total. The number of hydrogen-bond donors (Lipinski definition) is 1. The van der Waals surface area contributed by atoms with Gasteiger partial charge in [0, 0.05) is 10.6 Å². The summed E-state index contributed by atoms with van der Waals surface area (Å²) in [7, 11) is 1.95. The maximum atomic E-state index is 5.94. The van der Waals surface area contributed by atoms with Crippen molar-refractivity contribution in [2.75, 3.05) is 13.7 Å². The quantitative estimate of drug-likeness (QED) is 0.889. The number of nitrogens with one attached hydrogen (secondary N) is 1. The molecule has 2 rings (SSSR count). The predicted molar refractivity (Wildman–Crippen MR) is 80.0 cm³/mol. The van der Waals surface area contributed by atoms with Crippen molar-refractivity contribution < 1.29 is 4.74 Å². The summed E-state index contributed by atoms with van der Waals surface area (Å²) >= 11 is 5.94. The standard InChI is InChI=1S/C16H18ClNO/c1-3-19-15-7-5-4-6-14(15)16(18-2)12-8-10-13(17)11-9-12/h4-11,16,18H,3H2,1-2H3. The van der Waals surface area contributed by atoms with Crippen molar-refractivity contribution in [3.8, 4) is 5.75 Å². The van der Waals surface area contributed by atoms with E-state index in [2.05, 4.69) is 11.4 Å². The summed E-state index contributed by atoms with van der Waals surface area (Å²) in [5.74, 6) is 0.916. The van der Waals surface area contributed by atoms with Crippen LogP contribution in [0.5, 0.6) is 5.75 Å². The Hall–Kier alpha value is -1.51. The highest BCUT2D eigenvalue weighted by Crippen LogP contribution is 2.30. The lowest BCUT2D eigenvalue weighted by atomic mass is 9.98. The van der Waals surface area contributed by atoms with Crippen molar-refractivity contribution >= 4 is 11.6 Å². The molecule has 0 fully saturated rings. The van der Waals surface area contributed by atoms with E-state index in [1.807, 2.05) is 56.4 Å². The Bertz CT molecular complexity index is 525. The third-order valence-electron chi connectivity index (χ3n) is 3.02. The summed E-state index contributed by atoms with van der Waals surface area (Å²) in [6.45, 7) is 2.65. The third kappa shape index (κ3) is 3.28. The van der Waals surface area contributed by atoms with E-state index in [4.69, 9.17) is 16.3 Å². The van der Waals surface area contributed by atoms with Gasteiger partial charge in [-0.2, -0.15) is 0 Å². The lowest BCUT2D eigenvalue weighted by Gasteiger charge is -2.20. The molecule has 2 aromatic carbocycles. The molecule has 0 saturated heterocycles. The molecule has 1 N–H and O–H groups in total. The minimum absolute atomic E-state index is 0.0972. The van der Waals surface area contributed by atoms with Gasteiger partial charge < -0.3 is 10.1 Å². The van der Waals surface area contributed by atoms with Crippen molar-refractivity contribution in [3.63, 3.8) is 0 Å². The van der Waals surface area contributed by atoms with Gasteiger partial charge in [-0.05, 0) is 37.7 Å². The van der Waals surface area contributed by atoms with E-state index in [0.717, 1.165) is 16.3 Å². The molecule has 1 unspecified atom stereocenters. The van der Waals surface area contributed by atoms with Crippen LogP contribution in [0.3, 0.4) is 0 Å². The third-order valence-corrected chi connectivity index (χ3v) is 3.27. The lowest BCUT2D eigenvalue weighted by Crippen LogP contribution is -2.18. The van der Waals surface area contributed by atoms with Crippen molar-refractivity contribution in [1.29, 1.82) is 0 Å². The number of ether oxygens (including phenoxy) is 1. The van der Waals surface area contributed by atoms with E-state index in [9.17, 15) is 0 Å². The Labute approximate surface area is 119 Å². The highest BCUT2D eigenvalue weighted by Gasteiger charge is 2.16. The molecule has 2 aromatic rings. The Kier molecular flexibility index (Phi) is 4.83. The number of hydrogen-bond acceptors (Lipinski definition) is 2. The van der Waals surface area contributed by atoms with Crippen LogP contribution in [0, 0.1) is 0 Å². The van der Waals surface area contributed by atoms with Gasteiger partial charge in [0.1, 0.15) is 5.75 Å². The second-order valence-corrected chi connectivity index (χ2v) is 4.68. The van der Waals surface area contributed by atoms with E-state index >= 15 is 0 Å². The maximum Gasteiger partial charge on any atom is 0.124 e. The normalized spacial score (nSPS) is 12.2. The summed E-state index contributed by atoms with van der Waals surface area (Å²) in [4.78, 5) is 0. The van der Waals surface area contributed by atoms with Crippen LogP contribution < -0.4 is 10.1 Å². The molecule has 0 amide bonds. The number of halogens is 1. The van der Waals surface area contributed by atoms with Crippen LogP contribution in [-0.2, 0) is 0 Å². The van der Waals surface area contributed by atoms with Gasteiger partial charge in [0.25, 0.3) is 0 Å². The van der Waals surface area contributed by atoms with Gasteiger partial charge in [0.2, 0.25) is 0 Å². The van der Waals surface area contributed by atoms with Crippen LogP contribution in [0.25, 0.3) is 0 Å². The monoisotopic (exact) mass is 275 g/mol. The van der Waals surface area contributed by atoms with E-state index in [-0.39, 0.29) is 6.04 Å². The van der Waals surface area contributed by atoms with Crippen molar-refractivity contribution in [1.82, 2.24) is 5.32 Å². The highest BCUT2D eigenvalue weighted by molar-refractivity contribution is 6.30. The second-order valence-electron chi connectivity index (χ2n) is 4.24. The summed E-state index contributed by atoms with van der Waals surface area (Å²) in [6, 6.07) is 16.1. The Morgan fingerprint density at radius 3 is 2.42 bits per heavy atom.